The summed E-state index contributed by atoms with van der Waals surface area (Å²) in [6, 6.07) is 8.36. The maximum Gasteiger partial charge on any atom is 0.164 e. The molecule has 0 N–H and O–H groups in total. The molecule has 92 valence electrons. The van der Waals surface area contributed by atoms with Gasteiger partial charge in [-0.2, -0.15) is 0 Å². The summed E-state index contributed by atoms with van der Waals surface area (Å²) in [5.74, 6) is 0.261. The Morgan fingerprint density at radius 2 is 2.06 bits per heavy atom. The van der Waals surface area contributed by atoms with Crippen molar-refractivity contribution in [3.05, 3.63) is 35.4 Å². The van der Waals surface area contributed by atoms with Crippen molar-refractivity contribution in [1.29, 1.82) is 0 Å². The normalized spacial score (nSPS) is 23.2. The number of Topliss-reactive ketones (excluding diaryl/α,β-unsaturated/α-hetero) is 1. The minimum absolute atomic E-state index is 0.261. The zero-order chi connectivity index (χ0) is 12.3. The van der Waals surface area contributed by atoms with Crippen LogP contribution in [0.5, 0.6) is 0 Å². The van der Waals surface area contributed by atoms with Gasteiger partial charge in [0.05, 0.1) is 0 Å². The van der Waals surface area contributed by atoms with Crippen molar-refractivity contribution in [1.82, 2.24) is 0 Å². The van der Waals surface area contributed by atoms with Crippen LogP contribution < -0.4 is 0 Å². The highest BCUT2D eigenvalue weighted by Gasteiger charge is 2.40. The van der Waals surface area contributed by atoms with Crippen LogP contribution in [0.3, 0.4) is 0 Å². The Morgan fingerprint density at radius 1 is 1.35 bits per heavy atom. The summed E-state index contributed by atoms with van der Waals surface area (Å²) in [7, 11) is 1.67. The Bertz CT molecular complexity index is 411. The van der Waals surface area contributed by atoms with Gasteiger partial charge in [-0.15, -0.1) is 0 Å². The molecule has 1 aromatic carbocycles. The predicted molar refractivity (Wildman–Crippen MR) is 68.1 cm³/mol. The average molecular weight is 232 g/mol. The number of aryl methyl sites for hydroxylation is 1. The molecular weight excluding hydrogens is 212 g/mol. The first-order chi connectivity index (χ1) is 8.22. The molecule has 0 amide bonds. The lowest BCUT2D eigenvalue weighted by molar-refractivity contribution is -0.142. The van der Waals surface area contributed by atoms with Gasteiger partial charge in [-0.1, -0.05) is 31.2 Å². The summed E-state index contributed by atoms with van der Waals surface area (Å²) >= 11 is 0. The van der Waals surface area contributed by atoms with Gasteiger partial charge >= 0.3 is 0 Å². The van der Waals surface area contributed by atoms with Crippen molar-refractivity contribution in [3.63, 3.8) is 0 Å². The number of carbonyl (C=O) groups is 1. The summed E-state index contributed by atoms with van der Waals surface area (Å²) in [6.45, 7) is 2.04. The number of fused-ring (bicyclic) bond motifs is 1. The van der Waals surface area contributed by atoms with Gasteiger partial charge in [0.1, 0.15) is 5.60 Å². The van der Waals surface area contributed by atoms with E-state index in [9.17, 15) is 4.79 Å². The number of carbonyl (C=O) groups excluding carboxylic acids is 1. The molecule has 1 aliphatic carbocycles. The van der Waals surface area contributed by atoms with Gasteiger partial charge in [-0.25, -0.2) is 0 Å². The molecular formula is C15H20O2. The van der Waals surface area contributed by atoms with Gasteiger partial charge in [0, 0.05) is 20.0 Å². The second kappa shape index (κ2) is 5.01. The summed E-state index contributed by atoms with van der Waals surface area (Å²) in [4.78, 5) is 12.2. The molecule has 0 heterocycles. The third-order valence-corrected chi connectivity index (χ3v) is 3.77. The quantitative estimate of drug-likeness (QED) is 0.798. The first kappa shape index (κ1) is 12.3. The van der Waals surface area contributed by atoms with Crippen molar-refractivity contribution < 1.29 is 9.53 Å². The van der Waals surface area contributed by atoms with Crippen molar-refractivity contribution in [2.45, 2.75) is 44.6 Å². The fourth-order valence-corrected chi connectivity index (χ4v) is 2.69. The lowest BCUT2D eigenvalue weighted by atomic mass is 9.77. The third kappa shape index (κ3) is 2.27. The summed E-state index contributed by atoms with van der Waals surface area (Å²) in [6.07, 6.45) is 4.01. The van der Waals surface area contributed by atoms with Crippen LogP contribution in [0, 0.1) is 0 Å². The molecule has 2 nitrogen and oxygen atoms in total. The molecule has 0 bridgehead atoms. The standard InChI is InChI=1S/C15H20O2/c1-3-6-14(16)15(17-2)10-9-12-7-4-5-8-13(12)11-15/h4-5,7-8H,3,6,9-11H2,1-2H3. The molecule has 1 unspecified atom stereocenters. The highest BCUT2D eigenvalue weighted by atomic mass is 16.5. The van der Waals surface area contributed by atoms with Gasteiger partial charge in [0.15, 0.2) is 5.78 Å². The molecule has 2 rings (SSSR count). The number of ketones is 1. The molecule has 2 heteroatoms. The second-order valence-electron chi connectivity index (χ2n) is 4.82. The summed E-state index contributed by atoms with van der Waals surface area (Å²) in [5.41, 5.74) is 2.07. The number of ether oxygens (including phenoxy) is 1. The Morgan fingerprint density at radius 3 is 2.71 bits per heavy atom. The topological polar surface area (TPSA) is 26.3 Å². The zero-order valence-corrected chi connectivity index (χ0v) is 10.7. The van der Waals surface area contributed by atoms with Crippen LogP contribution in [-0.4, -0.2) is 18.5 Å². The smallest absolute Gasteiger partial charge is 0.164 e. The maximum absolute atomic E-state index is 12.2. The van der Waals surface area contributed by atoms with E-state index in [0.29, 0.717) is 6.42 Å². The van der Waals surface area contributed by atoms with Crippen LogP contribution in [0.15, 0.2) is 24.3 Å². The second-order valence-corrected chi connectivity index (χ2v) is 4.82. The average Bonchev–Trinajstić information content (AvgIpc) is 2.38. The Balaban J connectivity index is 2.26. The first-order valence-corrected chi connectivity index (χ1v) is 6.37. The predicted octanol–water partition coefficient (Wildman–Crippen LogP) is 2.93. The molecule has 0 aromatic heterocycles. The van der Waals surface area contributed by atoms with E-state index in [1.54, 1.807) is 7.11 Å². The Labute approximate surface area is 103 Å². The molecule has 0 saturated carbocycles. The molecule has 17 heavy (non-hydrogen) atoms. The molecule has 0 radical (unpaired) electrons. The molecule has 1 atom stereocenters. The molecule has 0 fully saturated rings. The molecule has 0 saturated heterocycles. The SMILES string of the molecule is CCCC(=O)C1(OC)CCc2ccccc2C1. The van der Waals surface area contributed by atoms with E-state index in [2.05, 4.69) is 18.2 Å². The fraction of sp³-hybridized carbons (Fsp3) is 0.533. The van der Waals surface area contributed by atoms with E-state index < -0.39 is 5.60 Å². The largest absolute Gasteiger partial charge is 0.370 e. The van der Waals surface area contributed by atoms with Crippen molar-refractivity contribution in [3.8, 4) is 0 Å². The van der Waals surface area contributed by atoms with Crippen LogP contribution in [0.4, 0.5) is 0 Å². The van der Waals surface area contributed by atoms with Crippen molar-refractivity contribution in [2.75, 3.05) is 7.11 Å². The fourth-order valence-electron chi connectivity index (χ4n) is 2.69. The molecule has 0 spiro atoms. The Kier molecular flexibility index (Phi) is 3.63. The summed E-state index contributed by atoms with van der Waals surface area (Å²) in [5, 5.41) is 0. The van der Waals surface area contributed by atoms with Crippen molar-refractivity contribution >= 4 is 5.78 Å². The van der Waals surface area contributed by atoms with E-state index in [-0.39, 0.29) is 5.78 Å². The highest BCUT2D eigenvalue weighted by Crippen LogP contribution is 2.32. The van der Waals surface area contributed by atoms with Crippen LogP contribution in [0.25, 0.3) is 0 Å². The molecule has 1 aliphatic rings. The van der Waals surface area contributed by atoms with Crippen LogP contribution in [0.2, 0.25) is 0 Å². The number of rotatable bonds is 4. The van der Waals surface area contributed by atoms with Crippen LogP contribution in [-0.2, 0) is 22.4 Å². The summed E-state index contributed by atoms with van der Waals surface area (Å²) < 4.78 is 5.60. The number of methoxy groups -OCH3 is 1. The lowest BCUT2D eigenvalue weighted by Gasteiger charge is -2.35. The lowest BCUT2D eigenvalue weighted by Crippen LogP contribution is -2.45. The number of hydrogen-bond donors (Lipinski definition) is 0. The van der Waals surface area contributed by atoms with E-state index in [1.165, 1.54) is 11.1 Å². The molecule has 1 aromatic rings. The van der Waals surface area contributed by atoms with Crippen LogP contribution in [0.1, 0.15) is 37.3 Å². The van der Waals surface area contributed by atoms with E-state index in [4.69, 9.17) is 4.74 Å². The Hall–Kier alpha value is -1.15. The van der Waals surface area contributed by atoms with Gasteiger partial charge in [-0.05, 0) is 30.4 Å². The van der Waals surface area contributed by atoms with Gasteiger partial charge in [0.2, 0.25) is 0 Å². The van der Waals surface area contributed by atoms with Crippen LogP contribution >= 0.6 is 0 Å². The first-order valence-electron chi connectivity index (χ1n) is 6.37. The third-order valence-electron chi connectivity index (χ3n) is 3.77. The van der Waals surface area contributed by atoms with Gasteiger partial charge < -0.3 is 4.74 Å². The van der Waals surface area contributed by atoms with Crippen molar-refractivity contribution in [2.24, 2.45) is 0 Å². The van der Waals surface area contributed by atoms with E-state index in [0.717, 1.165) is 25.7 Å². The monoisotopic (exact) mass is 232 g/mol. The molecule has 0 aliphatic heterocycles. The zero-order valence-electron chi connectivity index (χ0n) is 10.7. The number of hydrogen-bond acceptors (Lipinski definition) is 2. The van der Waals surface area contributed by atoms with E-state index in [1.807, 2.05) is 13.0 Å². The van der Waals surface area contributed by atoms with Gasteiger partial charge in [0.25, 0.3) is 0 Å². The number of benzene rings is 1. The minimum atomic E-state index is -0.565. The van der Waals surface area contributed by atoms with E-state index >= 15 is 0 Å². The van der Waals surface area contributed by atoms with Gasteiger partial charge in [-0.3, -0.25) is 4.79 Å². The minimum Gasteiger partial charge on any atom is -0.370 e. The maximum atomic E-state index is 12.2. The highest BCUT2D eigenvalue weighted by molar-refractivity contribution is 5.88.